The molecule has 0 atom stereocenters. The summed E-state index contributed by atoms with van der Waals surface area (Å²) in [6.45, 7) is 3.36. The van der Waals surface area contributed by atoms with E-state index in [1.54, 1.807) is 30.3 Å². The molecule has 0 aliphatic carbocycles. The van der Waals surface area contributed by atoms with Gasteiger partial charge in [0.25, 0.3) is 5.91 Å². The Morgan fingerprint density at radius 3 is 2.44 bits per heavy atom. The van der Waals surface area contributed by atoms with Gasteiger partial charge in [-0.15, -0.1) is 0 Å². The predicted octanol–water partition coefficient (Wildman–Crippen LogP) is 4.44. The van der Waals surface area contributed by atoms with Gasteiger partial charge in [-0.3, -0.25) is 19.3 Å². The predicted molar refractivity (Wildman–Crippen MR) is 124 cm³/mol. The molecular formula is C22H19Cl2N3O4S. The lowest BCUT2D eigenvalue weighted by molar-refractivity contribution is -0.121. The smallest absolute Gasteiger partial charge is 0.279 e. The number of carbonyl (C=O) groups excluding carboxylic acids is 3. The van der Waals surface area contributed by atoms with Crippen molar-refractivity contribution in [3.8, 4) is 0 Å². The van der Waals surface area contributed by atoms with E-state index in [2.05, 4.69) is 4.99 Å². The molecule has 0 bridgehead atoms. The molecule has 1 fully saturated rings. The Balaban J connectivity index is 1.69. The molecule has 0 radical (unpaired) electrons. The van der Waals surface area contributed by atoms with Crippen molar-refractivity contribution in [2.75, 3.05) is 18.1 Å². The number of hydrogen-bond acceptors (Lipinski definition) is 5. The maximum atomic E-state index is 12.9. The van der Waals surface area contributed by atoms with Crippen molar-refractivity contribution in [2.45, 2.75) is 26.3 Å². The molecule has 3 aromatic rings. The fraction of sp³-hybridized carbons (Fsp3) is 0.273. The number of amides is 3. The van der Waals surface area contributed by atoms with Gasteiger partial charge in [0.15, 0.2) is 4.80 Å². The summed E-state index contributed by atoms with van der Waals surface area (Å²) >= 11 is 14.0. The molecule has 0 N–H and O–H groups in total. The Labute approximate surface area is 197 Å². The third-order valence-electron chi connectivity index (χ3n) is 5.02. The highest BCUT2D eigenvalue weighted by Gasteiger charge is 2.30. The van der Waals surface area contributed by atoms with Crippen molar-refractivity contribution in [1.29, 1.82) is 0 Å². The first kappa shape index (κ1) is 22.7. The van der Waals surface area contributed by atoms with E-state index in [9.17, 15) is 14.4 Å². The van der Waals surface area contributed by atoms with E-state index >= 15 is 0 Å². The van der Waals surface area contributed by atoms with Crippen molar-refractivity contribution in [1.82, 2.24) is 4.57 Å². The first-order valence-corrected chi connectivity index (χ1v) is 11.6. The second-order valence-electron chi connectivity index (χ2n) is 7.03. The summed E-state index contributed by atoms with van der Waals surface area (Å²) < 4.78 is 8.15. The lowest BCUT2D eigenvalue weighted by Gasteiger charge is -2.13. The van der Waals surface area contributed by atoms with Gasteiger partial charge in [-0.1, -0.05) is 34.5 Å². The Bertz CT molecular complexity index is 1260. The molecule has 4 rings (SSSR count). The van der Waals surface area contributed by atoms with Crippen LogP contribution in [0.2, 0.25) is 10.0 Å². The first-order valence-electron chi connectivity index (χ1n) is 10.0. The van der Waals surface area contributed by atoms with Crippen molar-refractivity contribution < 1.29 is 19.1 Å². The summed E-state index contributed by atoms with van der Waals surface area (Å²) in [5, 5.41) is 0.816. The molecule has 1 aliphatic rings. The highest BCUT2D eigenvalue weighted by molar-refractivity contribution is 7.16. The molecule has 0 spiro atoms. The molecule has 1 saturated heterocycles. The van der Waals surface area contributed by atoms with Crippen LogP contribution in [0.15, 0.2) is 41.4 Å². The molecule has 7 nitrogen and oxygen atoms in total. The first-order chi connectivity index (χ1) is 15.4. The van der Waals surface area contributed by atoms with Gasteiger partial charge < -0.3 is 9.30 Å². The van der Waals surface area contributed by atoms with Crippen LogP contribution in [0, 0.1) is 0 Å². The van der Waals surface area contributed by atoms with Crippen LogP contribution in [0.5, 0.6) is 0 Å². The average molecular weight is 492 g/mol. The SMILES string of the molecule is CCOCCn1c(=NC(=O)c2ccc(N3C(=O)CCC3=O)cc2)sc2ccc(Cl)c(Cl)c21. The molecule has 166 valence electrons. The Morgan fingerprint density at radius 1 is 1.09 bits per heavy atom. The molecule has 2 aromatic carbocycles. The summed E-state index contributed by atoms with van der Waals surface area (Å²) in [5.41, 5.74) is 1.49. The third kappa shape index (κ3) is 4.36. The summed E-state index contributed by atoms with van der Waals surface area (Å²) in [6, 6.07) is 9.82. The Morgan fingerprint density at radius 2 is 1.78 bits per heavy atom. The van der Waals surface area contributed by atoms with Gasteiger partial charge in [0, 0.05) is 31.6 Å². The zero-order valence-corrected chi connectivity index (χ0v) is 19.5. The van der Waals surface area contributed by atoms with Crippen LogP contribution >= 0.6 is 34.5 Å². The van der Waals surface area contributed by atoms with Gasteiger partial charge in [0.1, 0.15) is 0 Å². The minimum atomic E-state index is -0.449. The number of ether oxygens (including phenoxy) is 1. The van der Waals surface area contributed by atoms with E-state index < -0.39 is 5.91 Å². The van der Waals surface area contributed by atoms with Crippen LogP contribution in [0.25, 0.3) is 10.2 Å². The fourth-order valence-electron chi connectivity index (χ4n) is 3.47. The maximum absolute atomic E-state index is 12.9. The van der Waals surface area contributed by atoms with Gasteiger partial charge in [-0.2, -0.15) is 4.99 Å². The Hall–Kier alpha value is -2.52. The number of imide groups is 1. The van der Waals surface area contributed by atoms with Crippen LogP contribution in [-0.4, -0.2) is 35.5 Å². The van der Waals surface area contributed by atoms with E-state index in [4.69, 9.17) is 27.9 Å². The highest BCUT2D eigenvalue weighted by Crippen LogP contribution is 2.32. The van der Waals surface area contributed by atoms with Crippen molar-refractivity contribution in [3.05, 3.63) is 56.8 Å². The van der Waals surface area contributed by atoms with Gasteiger partial charge in [0.05, 0.1) is 32.6 Å². The molecular weight excluding hydrogens is 473 g/mol. The third-order valence-corrected chi connectivity index (χ3v) is 6.86. The Kier molecular flexibility index (Phi) is 6.76. The summed E-state index contributed by atoms with van der Waals surface area (Å²) in [7, 11) is 0. The van der Waals surface area contributed by atoms with E-state index in [0.717, 1.165) is 9.60 Å². The van der Waals surface area contributed by atoms with Crippen LogP contribution in [0.1, 0.15) is 30.1 Å². The second-order valence-corrected chi connectivity index (χ2v) is 8.82. The number of nitrogens with zero attached hydrogens (tertiary/aromatic N) is 3. The van der Waals surface area contributed by atoms with Crippen molar-refractivity contribution in [3.63, 3.8) is 0 Å². The van der Waals surface area contributed by atoms with Crippen LogP contribution in [0.3, 0.4) is 0 Å². The molecule has 10 heteroatoms. The number of anilines is 1. The lowest BCUT2D eigenvalue weighted by Crippen LogP contribution is -2.28. The maximum Gasteiger partial charge on any atom is 0.279 e. The highest BCUT2D eigenvalue weighted by atomic mass is 35.5. The number of thiazole rings is 1. The summed E-state index contributed by atoms with van der Waals surface area (Å²) in [4.78, 5) is 42.6. The number of hydrogen-bond donors (Lipinski definition) is 0. The minimum absolute atomic E-state index is 0.203. The molecule has 1 aliphatic heterocycles. The number of carbonyl (C=O) groups is 3. The van der Waals surface area contributed by atoms with Crippen LogP contribution in [-0.2, 0) is 20.9 Å². The number of fused-ring (bicyclic) bond motifs is 1. The largest absolute Gasteiger partial charge is 0.380 e. The van der Waals surface area contributed by atoms with E-state index in [1.807, 2.05) is 17.6 Å². The van der Waals surface area contributed by atoms with Gasteiger partial charge in [-0.25, -0.2) is 0 Å². The molecule has 32 heavy (non-hydrogen) atoms. The normalized spacial score (nSPS) is 14.7. The molecule has 1 aromatic heterocycles. The fourth-order valence-corrected chi connectivity index (χ4v) is 5.00. The standard InChI is InChI=1S/C22H19Cl2N3O4S/c1-2-31-12-11-26-20-16(8-7-15(23)19(20)24)32-22(26)25-21(30)13-3-5-14(6-4-13)27-17(28)9-10-18(27)29/h3-8H,2,9-12H2,1H3. The lowest BCUT2D eigenvalue weighted by atomic mass is 10.2. The van der Waals surface area contributed by atoms with Gasteiger partial charge in [-0.05, 0) is 43.3 Å². The minimum Gasteiger partial charge on any atom is -0.380 e. The van der Waals surface area contributed by atoms with Crippen LogP contribution in [0.4, 0.5) is 5.69 Å². The second kappa shape index (κ2) is 9.54. The van der Waals surface area contributed by atoms with Gasteiger partial charge >= 0.3 is 0 Å². The average Bonchev–Trinajstić information content (AvgIpc) is 3.30. The van der Waals surface area contributed by atoms with Crippen LogP contribution < -0.4 is 9.70 Å². The monoisotopic (exact) mass is 491 g/mol. The van der Waals surface area contributed by atoms with Crippen molar-refractivity contribution in [2.24, 2.45) is 4.99 Å². The van der Waals surface area contributed by atoms with Gasteiger partial charge in [0.2, 0.25) is 11.8 Å². The molecule has 3 amide bonds. The van der Waals surface area contributed by atoms with E-state index in [1.165, 1.54) is 11.3 Å². The number of rotatable bonds is 6. The quantitative estimate of drug-likeness (QED) is 0.377. The summed E-state index contributed by atoms with van der Waals surface area (Å²) in [5.74, 6) is -0.931. The zero-order chi connectivity index (χ0) is 22.8. The number of benzene rings is 2. The molecule has 0 saturated carbocycles. The van der Waals surface area contributed by atoms with E-state index in [0.29, 0.717) is 51.4 Å². The van der Waals surface area contributed by atoms with Crippen molar-refractivity contribution >= 4 is 68.2 Å². The zero-order valence-electron chi connectivity index (χ0n) is 17.1. The molecule has 0 unspecified atom stereocenters. The summed E-state index contributed by atoms with van der Waals surface area (Å²) in [6.07, 6.45) is 0.407. The topological polar surface area (TPSA) is 81.0 Å². The molecule has 2 heterocycles. The number of aromatic nitrogens is 1. The number of halogens is 2. The van der Waals surface area contributed by atoms with E-state index in [-0.39, 0.29) is 24.7 Å².